The van der Waals surface area contributed by atoms with Gasteiger partial charge in [0.05, 0.1) is 6.20 Å². The zero-order valence-corrected chi connectivity index (χ0v) is 13.1. The summed E-state index contributed by atoms with van der Waals surface area (Å²) in [6.07, 6.45) is 4.74. The highest BCUT2D eigenvalue weighted by atomic mass is 16.1. The van der Waals surface area contributed by atoms with E-state index in [1.165, 1.54) is 10.7 Å². The van der Waals surface area contributed by atoms with E-state index in [2.05, 4.69) is 20.4 Å². The maximum atomic E-state index is 12.4. The second kappa shape index (κ2) is 6.04. The summed E-state index contributed by atoms with van der Waals surface area (Å²) in [6.45, 7) is 0. The molecular formula is C18H14N6O. The summed E-state index contributed by atoms with van der Waals surface area (Å²) < 4.78 is 1.47. The van der Waals surface area contributed by atoms with Crippen LogP contribution >= 0.6 is 0 Å². The number of amides is 1. The predicted molar refractivity (Wildman–Crippen MR) is 95.0 cm³/mol. The Bertz CT molecular complexity index is 1040. The molecule has 0 radical (unpaired) electrons. The Hall–Kier alpha value is -3.74. The monoisotopic (exact) mass is 330 g/mol. The summed E-state index contributed by atoms with van der Waals surface area (Å²) in [5.41, 5.74) is 8.81. The van der Waals surface area contributed by atoms with E-state index in [1.54, 1.807) is 30.6 Å². The molecule has 0 fully saturated rings. The minimum absolute atomic E-state index is 0.223. The van der Waals surface area contributed by atoms with Crippen molar-refractivity contribution in [3.8, 4) is 11.1 Å². The van der Waals surface area contributed by atoms with Crippen LogP contribution in [0.3, 0.4) is 0 Å². The van der Waals surface area contributed by atoms with E-state index >= 15 is 0 Å². The van der Waals surface area contributed by atoms with Gasteiger partial charge in [-0.1, -0.05) is 36.4 Å². The molecule has 0 saturated heterocycles. The van der Waals surface area contributed by atoms with Gasteiger partial charge in [-0.3, -0.25) is 4.79 Å². The largest absolute Gasteiger partial charge is 0.383 e. The first-order valence-corrected chi connectivity index (χ1v) is 7.64. The number of carbonyl (C=O) groups excluding carboxylic acids is 1. The first-order valence-electron chi connectivity index (χ1n) is 7.64. The molecule has 0 bridgehead atoms. The van der Waals surface area contributed by atoms with Gasteiger partial charge in [0.1, 0.15) is 17.2 Å². The van der Waals surface area contributed by atoms with Gasteiger partial charge in [0.25, 0.3) is 5.91 Å². The Morgan fingerprint density at radius 2 is 1.80 bits per heavy atom. The molecule has 0 aliphatic rings. The molecule has 0 aliphatic carbocycles. The Morgan fingerprint density at radius 1 is 1.00 bits per heavy atom. The number of pyridine rings is 1. The Morgan fingerprint density at radius 3 is 2.56 bits per heavy atom. The van der Waals surface area contributed by atoms with Crippen LogP contribution < -0.4 is 11.1 Å². The maximum Gasteiger partial charge on any atom is 0.262 e. The third-order valence-electron chi connectivity index (χ3n) is 3.80. The lowest BCUT2D eigenvalue weighted by atomic mass is 10.1. The van der Waals surface area contributed by atoms with Gasteiger partial charge in [-0.15, -0.1) is 0 Å². The Labute approximate surface area is 143 Å². The predicted octanol–water partition coefficient (Wildman–Crippen LogP) is 2.63. The summed E-state index contributed by atoms with van der Waals surface area (Å²) in [5.74, 6) is 0.278. The topological polar surface area (TPSA) is 98.2 Å². The van der Waals surface area contributed by atoms with Gasteiger partial charge in [-0.05, 0) is 17.7 Å². The number of benzene rings is 1. The van der Waals surface area contributed by atoms with Crippen LogP contribution in [0, 0.1) is 0 Å². The average Bonchev–Trinajstić information content (AvgIpc) is 3.08. The number of nitrogens with zero attached hydrogens (tertiary/aromatic N) is 4. The molecule has 1 amide bonds. The third-order valence-corrected chi connectivity index (χ3v) is 3.80. The van der Waals surface area contributed by atoms with E-state index in [9.17, 15) is 4.79 Å². The number of hydrogen-bond donors (Lipinski definition) is 2. The summed E-state index contributed by atoms with van der Waals surface area (Å²) in [5, 5.41) is 6.97. The molecule has 3 N–H and O–H groups in total. The van der Waals surface area contributed by atoms with Crippen molar-refractivity contribution in [1.82, 2.24) is 19.6 Å². The second-order valence-corrected chi connectivity index (χ2v) is 5.39. The lowest BCUT2D eigenvalue weighted by molar-refractivity contribution is 0.102. The van der Waals surface area contributed by atoms with Crippen molar-refractivity contribution in [2.24, 2.45) is 0 Å². The smallest absolute Gasteiger partial charge is 0.262 e. The molecule has 3 aromatic heterocycles. The highest BCUT2D eigenvalue weighted by Gasteiger charge is 2.17. The van der Waals surface area contributed by atoms with Crippen LogP contribution in [0.15, 0.2) is 67.1 Å². The highest BCUT2D eigenvalue weighted by Crippen LogP contribution is 2.25. The summed E-state index contributed by atoms with van der Waals surface area (Å²) in [7, 11) is 0. The molecule has 25 heavy (non-hydrogen) atoms. The minimum atomic E-state index is -0.387. The quantitative estimate of drug-likeness (QED) is 0.602. The zero-order valence-electron chi connectivity index (χ0n) is 13.1. The van der Waals surface area contributed by atoms with E-state index in [0.29, 0.717) is 11.5 Å². The van der Waals surface area contributed by atoms with Crippen molar-refractivity contribution >= 4 is 23.2 Å². The number of hydrogen-bond acceptors (Lipinski definition) is 5. The van der Waals surface area contributed by atoms with Gasteiger partial charge in [0.15, 0.2) is 5.65 Å². The van der Waals surface area contributed by atoms with Crippen molar-refractivity contribution in [3.05, 3.63) is 72.7 Å². The number of carbonyl (C=O) groups is 1. The number of nitrogens with two attached hydrogens (primary N) is 1. The molecule has 0 atom stereocenters. The fourth-order valence-electron chi connectivity index (χ4n) is 2.57. The average molecular weight is 330 g/mol. The van der Waals surface area contributed by atoms with Gasteiger partial charge >= 0.3 is 0 Å². The Kier molecular flexibility index (Phi) is 3.59. The molecule has 0 saturated carbocycles. The SMILES string of the molecule is Nc1c(C(=O)Nc2ccccn2)cnc2c(-c3ccccc3)cnn12. The van der Waals surface area contributed by atoms with Crippen LogP contribution in [0.4, 0.5) is 11.6 Å². The standard InChI is InChI=1S/C18H14N6O/c19-16-14(18(25)23-15-8-4-5-9-20-15)10-21-17-13(11-22-24(16)17)12-6-2-1-3-7-12/h1-11H,19H2,(H,20,23,25). The summed E-state index contributed by atoms with van der Waals surface area (Å²) >= 11 is 0. The number of nitrogen functional groups attached to an aromatic ring is 1. The first-order chi connectivity index (χ1) is 12.2. The minimum Gasteiger partial charge on any atom is -0.383 e. The molecule has 7 heteroatoms. The number of nitrogens with one attached hydrogen (secondary N) is 1. The number of rotatable bonds is 3. The molecule has 4 rings (SSSR count). The maximum absolute atomic E-state index is 12.4. The van der Waals surface area contributed by atoms with Gasteiger partial charge in [0, 0.05) is 18.0 Å². The van der Waals surface area contributed by atoms with E-state index in [0.717, 1.165) is 11.1 Å². The van der Waals surface area contributed by atoms with Crippen LogP contribution in [0.2, 0.25) is 0 Å². The fourth-order valence-corrected chi connectivity index (χ4v) is 2.57. The molecule has 0 unspecified atom stereocenters. The lowest BCUT2D eigenvalue weighted by Gasteiger charge is -2.08. The first kappa shape index (κ1) is 14.8. The number of anilines is 2. The molecule has 122 valence electrons. The van der Waals surface area contributed by atoms with E-state index in [1.807, 2.05) is 30.3 Å². The van der Waals surface area contributed by atoms with Crippen LogP contribution in [-0.4, -0.2) is 25.5 Å². The number of aromatic nitrogens is 4. The third kappa shape index (κ3) is 2.67. The van der Waals surface area contributed by atoms with E-state index < -0.39 is 0 Å². The van der Waals surface area contributed by atoms with Crippen molar-refractivity contribution in [3.63, 3.8) is 0 Å². The molecule has 0 aliphatic heterocycles. The molecule has 4 aromatic rings. The van der Waals surface area contributed by atoms with Crippen LogP contribution in [-0.2, 0) is 0 Å². The van der Waals surface area contributed by atoms with Crippen LogP contribution in [0.5, 0.6) is 0 Å². The summed E-state index contributed by atoms with van der Waals surface area (Å²) in [4.78, 5) is 20.9. The van der Waals surface area contributed by atoms with Crippen LogP contribution in [0.1, 0.15) is 10.4 Å². The van der Waals surface area contributed by atoms with Gasteiger partial charge in [-0.25, -0.2) is 9.97 Å². The fraction of sp³-hybridized carbons (Fsp3) is 0. The summed E-state index contributed by atoms with van der Waals surface area (Å²) in [6, 6.07) is 15.0. The van der Waals surface area contributed by atoms with E-state index in [4.69, 9.17) is 5.73 Å². The van der Waals surface area contributed by atoms with E-state index in [-0.39, 0.29) is 17.3 Å². The normalized spacial score (nSPS) is 10.7. The van der Waals surface area contributed by atoms with Crippen molar-refractivity contribution in [2.75, 3.05) is 11.1 Å². The zero-order chi connectivity index (χ0) is 17.2. The molecule has 3 heterocycles. The van der Waals surface area contributed by atoms with Crippen LogP contribution in [0.25, 0.3) is 16.8 Å². The molecule has 1 aromatic carbocycles. The Balaban J connectivity index is 1.73. The molecule has 7 nitrogen and oxygen atoms in total. The van der Waals surface area contributed by atoms with Gasteiger partial charge in [-0.2, -0.15) is 9.61 Å². The second-order valence-electron chi connectivity index (χ2n) is 5.39. The lowest BCUT2D eigenvalue weighted by Crippen LogP contribution is -2.17. The van der Waals surface area contributed by atoms with Crippen molar-refractivity contribution in [2.45, 2.75) is 0 Å². The molecule has 0 spiro atoms. The molecular weight excluding hydrogens is 316 g/mol. The van der Waals surface area contributed by atoms with Crippen molar-refractivity contribution < 1.29 is 4.79 Å². The van der Waals surface area contributed by atoms with Gasteiger partial charge < -0.3 is 11.1 Å². The highest BCUT2D eigenvalue weighted by molar-refractivity contribution is 6.07. The van der Waals surface area contributed by atoms with Crippen molar-refractivity contribution in [1.29, 1.82) is 0 Å². The number of fused-ring (bicyclic) bond motifs is 1. The van der Waals surface area contributed by atoms with Gasteiger partial charge in [0.2, 0.25) is 0 Å².